The fourth-order valence-corrected chi connectivity index (χ4v) is 6.85. The van der Waals surface area contributed by atoms with Crippen molar-refractivity contribution in [3.8, 4) is 5.95 Å². The number of fused-ring (bicyclic) bond motifs is 5. The molecule has 0 saturated heterocycles. The van der Waals surface area contributed by atoms with Crippen molar-refractivity contribution < 1.29 is 8.42 Å². The van der Waals surface area contributed by atoms with Crippen LogP contribution >= 0.6 is 0 Å². The van der Waals surface area contributed by atoms with Crippen LogP contribution in [0, 0.1) is 0 Å². The van der Waals surface area contributed by atoms with E-state index in [0.29, 0.717) is 23.3 Å². The number of sulfone groups is 1. The molecule has 0 spiro atoms. The third-order valence-electron chi connectivity index (χ3n) is 7.02. The van der Waals surface area contributed by atoms with Gasteiger partial charge in [0, 0.05) is 10.8 Å². The lowest BCUT2D eigenvalue weighted by Gasteiger charge is -2.31. The first-order valence-electron chi connectivity index (χ1n) is 12.3. The molecule has 2 aromatic heterocycles. The van der Waals surface area contributed by atoms with Crippen LogP contribution in [-0.4, -0.2) is 27.9 Å². The van der Waals surface area contributed by atoms with Crippen LogP contribution in [-0.2, 0) is 9.84 Å². The van der Waals surface area contributed by atoms with Gasteiger partial charge in [0.2, 0.25) is 21.7 Å². The molecule has 39 heavy (non-hydrogen) atoms. The molecule has 0 bridgehead atoms. The highest BCUT2D eigenvalue weighted by molar-refractivity contribution is 7.92. The van der Waals surface area contributed by atoms with Crippen molar-refractivity contribution >= 4 is 61.1 Å². The molecular weight excluding hydrogens is 506 g/mol. The van der Waals surface area contributed by atoms with E-state index in [9.17, 15) is 8.42 Å². The van der Waals surface area contributed by atoms with Crippen molar-refractivity contribution in [2.24, 2.45) is 0 Å². The normalized spacial score (nSPS) is 13.7. The summed E-state index contributed by atoms with van der Waals surface area (Å²) in [5, 5.41) is 2.07. The highest BCUT2D eigenvalue weighted by atomic mass is 32.2. The van der Waals surface area contributed by atoms with E-state index < -0.39 is 9.84 Å². The Morgan fingerprint density at radius 3 is 1.72 bits per heavy atom. The number of nitrogens with zero attached hydrogens (tertiary/aromatic N) is 5. The largest absolute Gasteiger partial charge is 0.278 e. The maximum atomic E-state index is 13.4. The molecule has 6 aromatic rings. The molecular formula is C31H21N5O2S. The maximum absolute atomic E-state index is 13.4. The van der Waals surface area contributed by atoms with Crippen LogP contribution in [0.5, 0.6) is 0 Å². The minimum atomic E-state index is -3.70. The highest BCUT2D eigenvalue weighted by Gasteiger charge is 2.35. The Morgan fingerprint density at radius 1 is 0.667 bits per heavy atom. The van der Waals surface area contributed by atoms with Crippen LogP contribution in [0.15, 0.2) is 114 Å². The average Bonchev–Trinajstić information content (AvgIpc) is 3.30. The number of aromatic nitrogens is 4. The van der Waals surface area contributed by atoms with E-state index in [2.05, 4.69) is 35.3 Å². The highest BCUT2D eigenvalue weighted by Crippen LogP contribution is 2.46. The molecule has 188 valence electrons. The van der Waals surface area contributed by atoms with Gasteiger partial charge in [-0.25, -0.2) is 18.4 Å². The first-order valence-corrected chi connectivity index (χ1v) is 13.8. The molecule has 0 N–H and O–H groups in total. The summed E-state index contributed by atoms with van der Waals surface area (Å²) in [4.78, 5) is 16.1. The lowest BCUT2D eigenvalue weighted by Crippen LogP contribution is -2.24. The van der Waals surface area contributed by atoms with E-state index in [-0.39, 0.29) is 9.79 Å². The van der Waals surface area contributed by atoms with Gasteiger partial charge in [0.05, 0.1) is 32.2 Å². The summed E-state index contributed by atoms with van der Waals surface area (Å²) in [5.74, 6) is 0.733. The van der Waals surface area contributed by atoms with Gasteiger partial charge < -0.3 is 0 Å². The summed E-state index contributed by atoms with van der Waals surface area (Å²) in [5.41, 5.74) is 4.84. The summed E-state index contributed by atoms with van der Waals surface area (Å²) >= 11 is 0. The molecule has 7 rings (SSSR count). The standard InChI is InChI=1S/C31H21N5O2S/c1-3-20-13-15-24-22(17-20)23-18-21(4-2)14-16-25(23)35(24)30-32-19-33-31(34-30)36-26-9-5-7-11-28(26)39(37,38)29-12-8-6-10-27(29)36/h3-19H,1-2H2. The van der Waals surface area contributed by atoms with Crippen molar-refractivity contribution in [3.63, 3.8) is 0 Å². The Bertz CT molecular complexity index is 1980. The fraction of sp³-hybridized carbons (Fsp3) is 0. The molecule has 0 amide bonds. The van der Waals surface area contributed by atoms with Gasteiger partial charge in [0.15, 0.2) is 0 Å². The number of rotatable bonds is 4. The van der Waals surface area contributed by atoms with Crippen LogP contribution in [0.3, 0.4) is 0 Å². The molecule has 7 nitrogen and oxygen atoms in total. The molecule has 0 fully saturated rings. The summed E-state index contributed by atoms with van der Waals surface area (Å²) in [6, 6.07) is 26.0. The predicted octanol–water partition coefficient (Wildman–Crippen LogP) is 6.87. The zero-order chi connectivity index (χ0) is 26.7. The molecule has 0 aliphatic carbocycles. The van der Waals surface area contributed by atoms with Gasteiger partial charge in [0.25, 0.3) is 0 Å². The molecule has 0 atom stereocenters. The van der Waals surface area contributed by atoms with Crippen molar-refractivity contribution in [1.82, 2.24) is 19.5 Å². The minimum Gasteiger partial charge on any atom is -0.278 e. The second-order valence-electron chi connectivity index (χ2n) is 9.16. The summed E-state index contributed by atoms with van der Waals surface area (Å²) in [7, 11) is -3.70. The molecule has 8 heteroatoms. The van der Waals surface area contributed by atoms with Crippen molar-refractivity contribution in [1.29, 1.82) is 0 Å². The lowest BCUT2D eigenvalue weighted by molar-refractivity contribution is 0.595. The molecule has 4 aromatic carbocycles. The lowest BCUT2D eigenvalue weighted by atomic mass is 10.1. The Balaban J connectivity index is 1.50. The topological polar surface area (TPSA) is 81.0 Å². The van der Waals surface area contributed by atoms with Crippen LogP contribution in [0.4, 0.5) is 17.3 Å². The van der Waals surface area contributed by atoms with E-state index in [1.807, 2.05) is 41.0 Å². The summed E-state index contributed by atoms with van der Waals surface area (Å²) in [6.07, 6.45) is 5.10. The smallest absolute Gasteiger partial charge is 0.239 e. The van der Waals surface area contributed by atoms with Gasteiger partial charge in [-0.2, -0.15) is 4.98 Å². The van der Waals surface area contributed by atoms with Gasteiger partial charge in [0.1, 0.15) is 6.33 Å². The van der Waals surface area contributed by atoms with Gasteiger partial charge in [-0.05, 0) is 59.7 Å². The van der Waals surface area contributed by atoms with Crippen molar-refractivity contribution in [2.45, 2.75) is 9.79 Å². The monoisotopic (exact) mass is 527 g/mol. The quantitative estimate of drug-likeness (QED) is 0.248. The van der Waals surface area contributed by atoms with Gasteiger partial charge in [-0.15, -0.1) is 0 Å². The van der Waals surface area contributed by atoms with E-state index in [0.717, 1.165) is 32.9 Å². The zero-order valence-electron chi connectivity index (χ0n) is 20.7. The second-order valence-corrected chi connectivity index (χ2v) is 11.0. The second kappa shape index (κ2) is 8.47. The average molecular weight is 528 g/mol. The number of hydrogen-bond acceptors (Lipinski definition) is 6. The number of anilines is 3. The molecule has 3 heterocycles. The third kappa shape index (κ3) is 3.35. The SMILES string of the molecule is C=Cc1ccc2c(c1)c1cc(C=C)ccc1n2-c1ncnc(N2c3ccccc3S(=O)(=O)c3ccccc32)n1. The van der Waals surface area contributed by atoms with Crippen LogP contribution < -0.4 is 4.90 Å². The molecule has 1 aliphatic heterocycles. The van der Waals surface area contributed by atoms with E-state index in [1.54, 1.807) is 53.4 Å². The molecule has 0 saturated carbocycles. The number of hydrogen-bond donors (Lipinski definition) is 0. The Morgan fingerprint density at radius 2 is 1.18 bits per heavy atom. The predicted molar refractivity (Wildman–Crippen MR) is 154 cm³/mol. The Labute approximate surface area is 225 Å². The molecule has 0 unspecified atom stereocenters. The zero-order valence-corrected chi connectivity index (χ0v) is 21.5. The molecule has 1 aliphatic rings. The molecule has 0 radical (unpaired) electrons. The van der Waals surface area contributed by atoms with Gasteiger partial charge in [-0.1, -0.05) is 61.7 Å². The maximum Gasteiger partial charge on any atom is 0.239 e. The van der Waals surface area contributed by atoms with E-state index >= 15 is 0 Å². The first-order chi connectivity index (χ1) is 19.0. The minimum absolute atomic E-state index is 0.205. The summed E-state index contributed by atoms with van der Waals surface area (Å²) < 4.78 is 28.8. The van der Waals surface area contributed by atoms with Crippen LogP contribution in [0.1, 0.15) is 11.1 Å². The number of para-hydroxylation sites is 2. The van der Waals surface area contributed by atoms with E-state index in [1.165, 1.54) is 6.33 Å². The van der Waals surface area contributed by atoms with Crippen molar-refractivity contribution in [2.75, 3.05) is 4.90 Å². The van der Waals surface area contributed by atoms with Crippen molar-refractivity contribution in [3.05, 3.63) is 116 Å². The third-order valence-corrected chi connectivity index (χ3v) is 8.87. The van der Waals surface area contributed by atoms with E-state index in [4.69, 9.17) is 4.98 Å². The van der Waals surface area contributed by atoms with Crippen LogP contribution in [0.2, 0.25) is 0 Å². The van der Waals surface area contributed by atoms with Gasteiger partial charge in [-0.3, -0.25) is 9.47 Å². The number of benzene rings is 4. The Hall–Kier alpha value is -5.08. The van der Waals surface area contributed by atoms with Crippen LogP contribution in [0.25, 0.3) is 39.9 Å². The summed E-state index contributed by atoms with van der Waals surface area (Å²) in [6.45, 7) is 7.85. The Kier molecular flexibility index (Phi) is 5.01. The first kappa shape index (κ1) is 23.1. The fourth-order valence-electron chi connectivity index (χ4n) is 5.22. The van der Waals surface area contributed by atoms with Gasteiger partial charge >= 0.3 is 0 Å².